The summed E-state index contributed by atoms with van der Waals surface area (Å²) in [5, 5.41) is 0. The van der Waals surface area contributed by atoms with Crippen LogP contribution in [0.2, 0.25) is 0 Å². The number of nitrogen functional groups attached to an aromatic ring is 1. The molecular weight excluding hydrogens is 436 g/mol. The Labute approximate surface area is 220 Å². The molecule has 0 bridgehead atoms. The quantitative estimate of drug-likeness (QED) is 0.374. The number of hydrogen-bond acceptors (Lipinski definition) is 2. The molecule has 2 N–H and O–H groups in total. The highest BCUT2D eigenvalue weighted by atomic mass is 14.8. The maximum absolute atomic E-state index is 5.92. The van der Waals surface area contributed by atoms with E-state index < -0.39 is 0 Å². The van der Waals surface area contributed by atoms with Gasteiger partial charge in [0.25, 0.3) is 0 Å². The van der Waals surface area contributed by atoms with Crippen LogP contribution < -0.4 is 5.73 Å². The molecular formula is C34H46N2. The van der Waals surface area contributed by atoms with Crippen LogP contribution in [-0.4, -0.2) is 4.98 Å². The molecule has 1 fully saturated rings. The van der Waals surface area contributed by atoms with Gasteiger partial charge < -0.3 is 5.73 Å². The highest BCUT2D eigenvalue weighted by Gasteiger charge is 2.37. The topological polar surface area (TPSA) is 38.9 Å². The summed E-state index contributed by atoms with van der Waals surface area (Å²) in [7, 11) is 0. The van der Waals surface area contributed by atoms with Crippen molar-refractivity contribution in [1.82, 2.24) is 4.98 Å². The number of nitrogens with zero attached hydrogens (tertiary/aromatic N) is 1. The van der Waals surface area contributed by atoms with Crippen LogP contribution in [0.15, 0.2) is 95.8 Å². The summed E-state index contributed by atoms with van der Waals surface area (Å²) in [6, 6.07) is 4.01. The average Bonchev–Trinajstić information content (AvgIpc) is 3.15. The minimum absolute atomic E-state index is 0.191. The lowest BCUT2D eigenvalue weighted by atomic mass is 9.63. The summed E-state index contributed by atoms with van der Waals surface area (Å²) >= 11 is 0. The predicted octanol–water partition coefficient (Wildman–Crippen LogP) is 9.72. The maximum Gasteiger partial charge on any atom is 0.123 e. The van der Waals surface area contributed by atoms with Crippen molar-refractivity contribution >= 4 is 11.4 Å². The van der Waals surface area contributed by atoms with Crippen molar-refractivity contribution in [3.8, 4) is 0 Å². The smallest absolute Gasteiger partial charge is 0.123 e. The third-order valence-corrected chi connectivity index (χ3v) is 8.44. The molecule has 0 aliphatic heterocycles. The van der Waals surface area contributed by atoms with E-state index in [1.807, 2.05) is 12.1 Å². The fourth-order valence-electron chi connectivity index (χ4n) is 6.12. The molecule has 2 atom stereocenters. The Morgan fingerprint density at radius 2 is 2.08 bits per heavy atom. The van der Waals surface area contributed by atoms with Crippen LogP contribution in [0.1, 0.15) is 91.0 Å². The van der Waals surface area contributed by atoms with E-state index in [9.17, 15) is 0 Å². The van der Waals surface area contributed by atoms with Gasteiger partial charge in [0.15, 0.2) is 0 Å². The molecule has 1 heterocycles. The molecule has 2 nitrogen and oxygen atoms in total. The van der Waals surface area contributed by atoms with Gasteiger partial charge in [-0.05, 0) is 113 Å². The molecule has 2 aliphatic carbocycles. The molecule has 2 aliphatic rings. The third-order valence-electron chi connectivity index (χ3n) is 8.44. The molecule has 1 aromatic heterocycles. The van der Waals surface area contributed by atoms with Gasteiger partial charge in [0, 0.05) is 6.20 Å². The summed E-state index contributed by atoms with van der Waals surface area (Å²) in [6.45, 7) is 13.4. The Kier molecular flexibility index (Phi) is 10.3. The van der Waals surface area contributed by atoms with E-state index in [0.29, 0.717) is 11.7 Å². The molecule has 2 heteroatoms. The SMILES string of the molecule is C=C[C@@]1(CC)CCC/C(=C(C)/C=C(\C)c2ccnc(N)c2)CCC1/C(=C/C)CCC1=CCC=CC=C1. The summed E-state index contributed by atoms with van der Waals surface area (Å²) < 4.78 is 0. The molecule has 0 radical (unpaired) electrons. The van der Waals surface area contributed by atoms with Crippen molar-refractivity contribution in [2.45, 2.75) is 85.5 Å². The Morgan fingerprint density at radius 1 is 1.25 bits per heavy atom. The number of allylic oxidation sites excluding steroid dienone is 13. The van der Waals surface area contributed by atoms with Crippen LogP contribution in [0.3, 0.4) is 0 Å². The highest BCUT2D eigenvalue weighted by molar-refractivity contribution is 5.68. The number of pyridine rings is 1. The van der Waals surface area contributed by atoms with Crippen molar-refractivity contribution in [1.29, 1.82) is 0 Å². The van der Waals surface area contributed by atoms with Crippen LogP contribution >= 0.6 is 0 Å². The van der Waals surface area contributed by atoms with Gasteiger partial charge in [-0.2, -0.15) is 0 Å². The molecule has 0 spiro atoms. The number of anilines is 1. The molecule has 3 rings (SSSR count). The van der Waals surface area contributed by atoms with E-state index >= 15 is 0 Å². The second-order valence-electron chi connectivity index (χ2n) is 10.5. The summed E-state index contributed by atoms with van der Waals surface area (Å²) in [6.07, 6.45) is 30.5. The van der Waals surface area contributed by atoms with Gasteiger partial charge in [-0.3, -0.25) is 0 Å². The standard InChI is InChI=1S/C34H46N2/c1-6-29(18-17-28-14-11-9-10-12-15-28)32-20-19-30(16-13-22-34(32,7-2)8-3)26(4)24-27(5)31-21-23-36-33(35)25-31/h6-7,9-11,14-15,21,23-25,32H,2,8,12-13,16-20,22H2,1,3-5H3,(H2,35,36)/b27-24+,29-6+,30-26-/t32?,34-/m1/s1. The Morgan fingerprint density at radius 3 is 2.81 bits per heavy atom. The predicted molar refractivity (Wildman–Crippen MR) is 158 cm³/mol. The van der Waals surface area contributed by atoms with Crippen LogP contribution in [0.5, 0.6) is 0 Å². The Hall–Kier alpha value is -2.87. The fraction of sp³-hybridized carbons (Fsp3) is 0.441. The molecule has 192 valence electrons. The first-order chi connectivity index (χ1) is 17.4. The number of rotatable bonds is 8. The molecule has 0 amide bonds. The second-order valence-corrected chi connectivity index (χ2v) is 10.5. The van der Waals surface area contributed by atoms with Gasteiger partial charge in [-0.25, -0.2) is 4.98 Å². The van der Waals surface area contributed by atoms with Gasteiger partial charge in [0.05, 0.1) is 0 Å². The molecule has 1 aromatic rings. The van der Waals surface area contributed by atoms with Crippen molar-refractivity contribution in [2.75, 3.05) is 5.73 Å². The van der Waals surface area contributed by atoms with Crippen molar-refractivity contribution in [3.05, 3.63) is 101 Å². The van der Waals surface area contributed by atoms with Crippen LogP contribution in [0.4, 0.5) is 5.82 Å². The molecule has 36 heavy (non-hydrogen) atoms. The molecule has 0 saturated heterocycles. The van der Waals surface area contributed by atoms with E-state index in [1.165, 1.54) is 42.4 Å². The summed E-state index contributed by atoms with van der Waals surface area (Å²) in [5.41, 5.74) is 14.6. The lowest BCUT2D eigenvalue weighted by molar-refractivity contribution is 0.203. The maximum atomic E-state index is 5.92. The van der Waals surface area contributed by atoms with E-state index in [-0.39, 0.29) is 5.41 Å². The molecule has 1 saturated carbocycles. The zero-order valence-electron chi connectivity index (χ0n) is 23.0. The Balaban J connectivity index is 1.83. The van der Waals surface area contributed by atoms with Crippen molar-refractivity contribution in [2.24, 2.45) is 11.3 Å². The molecule has 0 aromatic carbocycles. The van der Waals surface area contributed by atoms with Crippen molar-refractivity contribution < 1.29 is 0 Å². The van der Waals surface area contributed by atoms with Gasteiger partial charge >= 0.3 is 0 Å². The van der Waals surface area contributed by atoms with Crippen molar-refractivity contribution in [3.63, 3.8) is 0 Å². The van der Waals surface area contributed by atoms with E-state index in [4.69, 9.17) is 5.73 Å². The Bertz CT molecular complexity index is 1090. The number of hydrogen-bond donors (Lipinski definition) is 1. The van der Waals surface area contributed by atoms with Crippen LogP contribution in [-0.2, 0) is 0 Å². The minimum atomic E-state index is 0.191. The monoisotopic (exact) mass is 482 g/mol. The minimum Gasteiger partial charge on any atom is -0.384 e. The highest BCUT2D eigenvalue weighted by Crippen LogP contribution is 2.48. The van der Waals surface area contributed by atoms with Gasteiger partial charge in [-0.1, -0.05) is 77.8 Å². The zero-order valence-corrected chi connectivity index (χ0v) is 23.0. The lowest BCUT2D eigenvalue weighted by Crippen LogP contribution is -2.31. The first-order valence-corrected chi connectivity index (χ1v) is 13.8. The van der Waals surface area contributed by atoms with Crippen LogP contribution in [0.25, 0.3) is 5.57 Å². The first kappa shape index (κ1) is 27.7. The normalized spacial score (nSPS) is 25.0. The third kappa shape index (κ3) is 7.09. The number of aromatic nitrogens is 1. The number of nitrogens with two attached hydrogens (primary N) is 1. The second kappa shape index (κ2) is 13.4. The van der Waals surface area contributed by atoms with E-state index in [2.05, 4.69) is 87.9 Å². The van der Waals surface area contributed by atoms with Gasteiger partial charge in [0.1, 0.15) is 5.82 Å². The lowest BCUT2D eigenvalue weighted by Gasteiger charge is -2.42. The summed E-state index contributed by atoms with van der Waals surface area (Å²) in [4.78, 5) is 4.14. The molecule has 1 unspecified atom stereocenters. The first-order valence-electron chi connectivity index (χ1n) is 13.8. The van der Waals surface area contributed by atoms with Crippen LogP contribution in [0, 0.1) is 11.3 Å². The van der Waals surface area contributed by atoms with E-state index in [1.54, 1.807) is 17.3 Å². The van der Waals surface area contributed by atoms with Gasteiger partial charge in [-0.15, -0.1) is 6.58 Å². The summed E-state index contributed by atoms with van der Waals surface area (Å²) in [5.74, 6) is 1.12. The van der Waals surface area contributed by atoms with Gasteiger partial charge in [0.2, 0.25) is 0 Å². The largest absolute Gasteiger partial charge is 0.384 e. The zero-order chi connectivity index (χ0) is 26.0. The fourth-order valence-corrected chi connectivity index (χ4v) is 6.12. The van der Waals surface area contributed by atoms with E-state index in [0.717, 1.165) is 37.7 Å². The average molecular weight is 483 g/mol.